The Labute approximate surface area is 177 Å². The van der Waals surface area contributed by atoms with Crippen molar-refractivity contribution in [3.05, 3.63) is 89.0 Å². The van der Waals surface area contributed by atoms with Gasteiger partial charge in [0.2, 0.25) is 5.91 Å². The molecule has 3 N–H and O–H groups in total. The van der Waals surface area contributed by atoms with Crippen molar-refractivity contribution < 1.29 is 18.4 Å². The molecule has 0 fully saturated rings. The van der Waals surface area contributed by atoms with Crippen molar-refractivity contribution in [1.82, 2.24) is 0 Å². The van der Waals surface area contributed by atoms with Gasteiger partial charge in [-0.05, 0) is 67.6 Å². The molecule has 3 aromatic rings. The summed E-state index contributed by atoms with van der Waals surface area (Å²) in [7, 11) is 0. The Balaban J connectivity index is 1.58. The Hall–Kier alpha value is -3.45. The van der Waals surface area contributed by atoms with Gasteiger partial charge >= 0.3 is 0 Å². The standard InChI is InChI=1S/C22H18ClF2N3O2/c1-13(21(29)28-20-12-16(24)6-11-19(20)25)26-17-7-9-18(10-8-17)27-22(30)14-2-4-15(23)5-3-14/h2-13,26H,1H3,(H,27,30)(H,28,29). The van der Waals surface area contributed by atoms with Gasteiger partial charge in [-0.25, -0.2) is 8.78 Å². The molecule has 0 aliphatic heterocycles. The van der Waals surface area contributed by atoms with Crippen LogP contribution in [-0.2, 0) is 4.79 Å². The zero-order valence-corrected chi connectivity index (χ0v) is 16.6. The topological polar surface area (TPSA) is 70.2 Å². The normalized spacial score (nSPS) is 11.5. The molecule has 0 heterocycles. The first-order valence-electron chi connectivity index (χ1n) is 9.01. The molecule has 30 heavy (non-hydrogen) atoms. The zero-order chi connectivity index (χ0) is 21.7. The second-order valence-electron chi connectivity index (χ2n) is 6.52. The van der Waals surface area contributed by atoms with Gasteiger partial charge in [0.1, 0.15) is 17.7 Å². The number of hydrogen-bond acceptors (Lipinski definition) is 3. The summed E-state index contributed by atoms with van der Waals surface area (Å²) in [5.41, 5.74) is 1.42. The molecule has 0 radical (unpaired) electrons. The third kappa shape index (κ3) is 5.55. The van der Waals surface area contributed by atoms with Crippen LogP contribution in [0.1, 0.15) is 17.3 Å². The highest BCUT2D eigenvalue weighted by Gasteiger charge is 2.15. The molecule has 8 heteroatoms. The average Bonchev–Trinajstić information content (AvgIpc) is 2.72. The minimum Gasteiger partial charge on any atom is -0.374 e. The number of halogens is 3. The van der Waals surface area contributed by atoms with Crippen LogP contribution < -0.4 is 16.0 Å². The molecule has 0 spiro atoms. The number of carbonyl (C=O) groups is 2. The summed E-state index contributed by atoms with van der Waals surface area (Å²) in [5.74, 6) is -2.18. The van der Waals surface area contributed by atoms with Crippen LogP contribution in [0.25, 0.3) is 0 Å². The maximum atomic E-state index is 13.7. The lowest BCUT2D eigenvalue weighted by molar-refractivity contribution is -0.116. The maximum absolute atomic E-state index is 13.7. The summed E-state index contributed by atoms with van der Waals surface area (Å²) in [6, 6.07) is 15.3. The molecule has 0 aliphatic carbocycles. The smallest absolute Gasteiger partial charge is 0.255 e. The quantitative estimate of drug-likeness (QED) is 0.497. The van der Waals surface area contributed by atoms with Crippen LogP contribution in [0.5, 0.6) is 0 Å². The van der Waals surface area contributed by atoms with E-state index in [0.29, 0.717) is 22.0 Å². The van der Waals surface area contributed by atoms with Crippen molar-refractivity contribution in [3.63, 3.8) is 0 Å². The Morgan fingerprint density at radius 1 is 0.867 bits per heavy atom. The van der Waals surface area contributed by atoms with E-state index in [4.69, 9.17) is 11.6 Å². The number of amides is 2. The van der Waals surface area contributed by atoms with Gasteiger partial charge in [-0.2, -0.15) is 0 Å². The third-order valence-corrected chi connectivity index (χ3v) is 4.46. The highest BCUT2D eigenvalue weighted by atomic mass is 35.5. The molecule has 0 aliphatic rings. The summed E-state index contributed by atoms with van der Waals surface area (Å²) in [4.78, 5) is 24.5. The van der Waals surface area contributed by atoms with E-state index in [1.165, 1.54) is 0 Å². The molecular formula is C22H18ClF2N3O2. The molecule has 0 saturated heterocycles. The molecule has 3 rings (SSSR count). The molecule has 1 unspecified atom stereocenters. The minimum atomic E-state index is -0.724. The lowest BCUT2D eigenvalue weighted by Crippen LogP contribution is -2.32. The van der Waals surface area contributed by atoms with Crippen LogP contribution in [0.3, 0.4) is 0 Å². The van der Waals surface area contributed by atoms with Gasteiger partial charge in [-0.3, -0.25) is 9.59 Å². The maximum Gasteiger partial charge on any atom is 0.255 e. The zero-order valence-electron chi connectivity index (χ0n) is 15.9. The SMILES string of the molecule is CC(Nc1ccc(NC(=O)c2ccc(Cl)cc2)cc1)C(=O)Nc1cc(F)ccc1F. The van der Waals surface area contributed by atoms with E-state index in [1.807, 2.05) is 0 Å². The Bertz CT molecular complexity index is 1060. The second-order valence-corrected chi connectivity index (χ2v) is 6.95. The third-order valence-electron chi connectivity index (χ3n) is 4.21. The van der Waals surface area contributed by atoms with E-state index in [1.54, 1.807) is 55.5 Å². The fraction of sp³-hybridized carbons (Fsp3) is 0.0909. The molecule has 1 atom stereocenters. The Kier molecular flexibility index (Phi) is 6.64. The molecule has 0 saturated carbocycles. The predicted octanol–water partition coefficient (Wildman–Crippen LogP) is 5.31. The van der Waals surface area contributed by atoms with Crippen LogP contribution in [0.15, 0.2) is 66.7 Å². The Morgan fingerprint density at radius 3 is 2.17 bits per heavy atom. The molecule has 5 nitrogen and oxygen atoms in total. The number of hydrogen-bond donors (Lipinski definition) is 3. The molecule has 0 bridgehead atoms. The van der Waals surface area contributed by atoms with Crippen molar-refractivity contribution in [1.29, 1.82) is 0 Å². The van der Waals surface area contributed by atoms with E-state index in [2.05, 4.69) is 16.0 Å². The summed E-state index contributed by atoms with van der Waals surface area (Å²) in [6.07, 6.45) is 0. The van der Waals surface area contributed by atoms with Crippen molar-refractivity contribution in [2.24, 2.45) is 0 Å². The van der Waals surface area contributed by atoms with E-state index < -0.39 is 23.6 Å². The highest BCUT2D eigenvalue weighted by Crippen LogP contribution is 2.18. The van der Waals surface area contributed by atoms with Gasteiger partial charge in [0.25, 0.3) is 5.91 Å². The van der Waals surface area contributed by atoms with Crippen molar-refractivity contribution >= 4 is 40.5 Å². The minimum absolute atomic E-state index is 0.228. The summed E-state index contributed by atoms with van der Waals surface area (Å²) in [6.45, 7) is 1.59. The van der Waals surface area contributed by atoms with Crippen molar-refractivity contribution in [2.45, 2.75) is 13.0 Å². The molecule has 3 aromatic carbocycles. The van der Waals surface area contributed by atoms with Crippen LogP contribution in [-0.4, -0.2) is 17.9 Å². The predicted molar refractivity (Wildman–Crippen MR) is 114 cm³/mol. The van der Waals surface area contributed by atoms with E-state index in [9.17, 15) is 18.4 Å². The molecule has 0 aromatic heterocycles. The van der Waals surface area contributed by atoms with Gasteiger partial charge < -0.3 is 16.0 Å². The van der Waals surface area contributed by atoms with Gasteiger partial charge in [0.15, 0.2) is 0 Å². The van der Waals surface area contributed by atoms with Gasteiger partial charge in [0, 0.05) is 28.0 Å². The second kappa shape index (κ2) is 9.37. The first kappa shape index (κ1) is 21.3. The fourth-order valence-electron chi connectivity index (χ4n) is 2.60. The Morgan fingerprint density at radius 2 is 1.50 bits per heavy atom. The number of rotatable bonds is 6. The fourth-order valence-corrected chi connectivity index (χ4v) is 2.73. The lowest BCUT2D eigenvalue weighted by Gasteiger charge is -2.16. The first-order chi connectivity index (χ1) is 14.3. The van der Waals surface area contributed by atoms with E-state index >= 15 is 0 Å². The monoisotopic (exact) mass is 429 g/mol. The van der Waals surface area contributed by atoms with E-state index in [0.717, 1.165) is 18.2 Å². The largest absolute Gasteiger partial charge is 0.374 e. The molecular weight excluding hydrogens is 412 g/mol. The van der Waals surface area contributed by atoms with Crippen LogP contribution in [0, 0.1) is 11.6 Å². The lowest BCUT2D eigenvalue weighted by atomic mass is 10.2. The van der Waals surface area contributed by atoms with Crippen LogP contribution in [0.4, 0.5) is 25.8 Å². The number of nitrogens with one attached hydrogen (secondary N) is 3. The summed E-state index contributed by atoms with van der Waals surface area (Å²) >= 11 is 5.82. The first-order valence-corrected chi connectivity index (χ1v) is 9.39. The molecule has 2 amide bonds. The summed E-state index contributed by atoms with van der Waals surface area (Å²) < 4.78 is 26.9. The summed E-state index contributed by atoms with van der Waals surface area (Å²) in [5, 5.41) is 8.61. The van der Waals surface area contributed by atoms with Gasteiger partial charge in [-0.15, -0.1) is 0 Å². The van der Waals surface area contributed by atoms with E-state index in [-0.39, 0.29) is 11.6 Å². The average molecular weight is 430 g/mol. The van der Waals surface area contributed by atoms with Crippen molar-refractivity contribution in [3.8, 4) is 0 Å². The van der Waals surface area contributed by atoms with Crippen molar-refractivity contribution in [2.75, 3.05) is 16.0 Å². The van der Waals surface area contributed by atoms with Gasteiger partial charge in [-0.1, -0.05) is 11.6 Å². The van der Waals surface area contributed by atoms with Crippen LogP contribution >= 0.6 is 11.6 Å². The van der Waals surface area contributed by atoms with Gasteiger partial charge in [0.05, 0.1) is 5.69 Å². The number of carbonyl (C=O) groups excluding carboxylic acids is 2. The number of benzene rings is 3. The van der Waals surface area contributed by atoms with Crippen LogP contribution in [0.2, 0.25) is 5.02 Å². The number of anilines is 3. The molecule has 154 valence electrons. The highest BCUT2D eigenvalue weighted by molar-refractivity contribution is 6.30.